The summed E-state index contributed by atoms with van der Waals surface area (Å²) >= 11 is 0. The molecule has 2 N–H and O–H groups in total. The summed E-state index contributed by atoms with van der Waals surface area (Å²) in [5, 5.41) is 4.57. The number of hydrogen-bond acceptors (Lipinski definition) is 2. The van der Waals surface area contributed by atoms with Crippen LogP contribution in [0.3, 0.4) is 0 Å². The van der Waals surface area contributed by atoms with E-state index in [1.807, 2.05) is 30.8 Å². The third-order valence-corrected chi connectivity index (χ3v) is 4.10. The largest absolute Gasteiger partial charge is 0.370 e. The number of nitrogens with zero attached hydrogens (tertiary/aromatic N) is 4. The van der Waals surface area contributed by atoms with E-state index in [2.05, 4.69) is 40.1 Å². The molecule has 0 amide bonds. The second kappa shape index (κ2) is 5.83. The Labute approximate surface area is 131 Å². The second-order valence-corrected chi connectivity index (χ2v) is 5.98. The number of aryl methyl sites for hydroxylation is 2. The number of nitrogens with two attached hydrogens (primary N) is 1. The summed E-state index contributed by atoms with van der Waals surface area (Å²) < 4.78 is 1.97. The Bertz CT molecular complexity index is 697. The van der Waals surface area contributed by atoms with Gasteiger partial charge in [-0.1, -0.05) is 18.2 Å². The van der Waals surface area contributed by atoms with Crippen LogP contribution >= 0.6 is 0 Å². The monoisotopic (exact) mass is 297 g/mol. The van der Waals surface area contributed by atoms with Crippen LogP contribution in [0.5, 0.6) is 0 Å². The van der Waals surface area contributed by atoms with Crippen molar-refractivity contribution in [1.82, 2.24) is 14.7 Å². The summed E-state index contributed by atoms with van der Waals surface area (Å²) in [6, 6.07) is 10.9. The third kappa shape index (κ3) is 2.98. The average Bonchev–Trinajstić information content (AvgIpc) is 3.29. The van der Waals surface area contributed by atoms with Crippen molar-refractivity contribution in [3.63, 3.8) is 0 Å². The SMILES string of the molecule is Cc1cc(C)n(-c2ccccc2CN=C(N)N(C)C2CC2)n1. The second-order valence-electron chi connectivity index (χ2n) is 5.98. The standard InChI is InChI=1S/C17H23N5/c1-12-10-13(2)22(20-12)16-7-5-4-6-14(16)11-19-17(18)21(3)15-8-9-15/h4-7,10,15H,8-9,11H2,1-3H3,(H2,18,19). The van der Waals surface area contributed by atoms with Crippen molar-refractivity contribution in [2.24, 2.45) is 10.7 Å². The summed E-state index contributed by atoms with van der Waals surface area (Å²) in [4.78, 5) is 6.63. The van der Waals surface area contributed by atoms with E-state index in [1.54, 1.807) is 0 Å². The van der Waals surface area contributed by atoms with Crippen molar-refractivity contribution in [3.8, 4) is 5.69 Å². The first-order valence-corrected chi connectivity index (χ1v) is 7.70. The third-order valence-electron chi connectivity index (χ3n) is 4.10. The predicted octanol–water partition coefficient (Wildman–Crippen LogP) is 2.40. The highest BCUT2D eigenvalue weighted by Crippen LogP contribution is 2.25. The molecule has 5 nitrogen and oxygen atoms in total. The molecule has 1 saturated carbocycles. The average molecular weight is 297 g/mol. The molecule has 22 heavy (non-hydrogen) atoms. The molecule has 1 heterocycles. The molecule has 0 atom stereocenters. The first-order chi connectivity index (χ1) is 10.6. The molecule has 1 aromatic carbocycles. The molecule has 0 unspecified atom stereocenters. The van der Waals surface area contributed by atoms with Crippen molar-refractivity contribution < 1.29 is 0 Å². The fourth-order valence-corrected chi connectivity index (χ4v) is 2.65. The molecule has 3 rings (SSSR count). The predicted molar refractivity (Wildman–Crippen MR) is 89.1 cm³/mol. The van der Waals surface area contributed by atoms with Gasteiger partial charge in [-0.25, -0.2) is 9.67 Å². The smallest absolute Gasteiger partial charge is 0.191 e. The Morgan fingerprint density at radius 3 is 2.73 bits per heavy atom. The Balaban J connectivity index is 1.85. The van der Waals surface area contributed by atoms with E-state index in [0.29, 0.717) is 18.5 Å². The van der Waals surface area contributed by atoms with Crippen molar-refractivity contribution in [3.05, 3.63) is 47.3 Å². The zero-order valence-electron chi connectivity index (χ0n) is 13.5. The van der Waals surface area contributed by atoms with Crippen LogP contribution < -0.4 is 5.73 Å². The quantitative estimate of drug-likeness (QED) is 0.696. The zero-order chi connectivity index (χ0) is 15.7. The fraction of sp³-hybridized carbons (Fsp3) is 0.412. The van der Waals surface area contributed by atoms with Gasteiger partial charge < -0.3 is 10.6 Å². The van der Waals surface area contributed by atoms with E-state index in [9.17, 15) is 0 Å². The lowest BCUT2D eigenvalue weighted by Crippen LogP contribution is -2.35. The minimum absolute atomic E-state index is 0.567. The summed E-state index contributed by atoms with van der Waals surface area (Å²) in [6.07, 6.45) is 2.43. The van der Waals surface area contributed by atoms with Gasteiger partial charge in [-0.05, 0) is 44.4 Å². The van der Waals surface area contributed by atoms with E-state index in [4.69, 9.17) is 5.73 Å². The van der Waals surface area contributed by atoms with Crippen LogP contribution in [-0.2, 0) is 6.54 Å². The molecule has 0 radical (unpaired) electrons. The minimum atomic E-state index is 0.567. The van der Waals surface area contributed by atoms with Crippen LogP contribution in [0.2, 0.25) is 0 Å². The Morgan fingerprint density at radius 2 is 2.09 bits per heavy atom. The van der Waals surface area contributed by atoms with Crippen LogP contribution in [0.1, 0.15) is 29.8 Å². The molecule has 1 aliphatic rings. The molecule has 0 bridgehead atoms. The first-order valence-electron chi connectivity index (χ1n) is 7.70. The maximum atomic E-state index is 6.08. The van der Waals surface area contributed by atoms with Crippen molar-refractivity contribution in [2.45, 2.75) is 39.3 Å². The molecule has 2 aromatic rings. The molecule has 0 aliphatic heterocycles. The van der Waals surface area contributed by atoms with Crippen molar-refractivity contribution in [1.29, 1.82) is 0 Å². The van der Waals surface area contributed by atoms with Crippen LogP contribution in [0, 0.1) is 13.8 Å². The van der Waals surface area contributed by atoms with Gasteiger partial charge in [-0.15, -0.1) is 0 Å². The molecule has 0 spiro atoms. The van der Waals surface area contributed by atoms with Gasteiger partial charge in [0.1, 0.15) is 0 Å². The van der Waals surface area contributed by atoms with E-state index in [0.717, 1.165) is 22.6 Å². The topological polar surface area (TPSA) is 59.4 Å². The maximum absolute atomic E-state index is 6.08. The van der Waals surface area contributed by atoms with E-state index >= 15 is 0 Å². The number of aliphatic imine (C=N–C) groups is 1. The van der Waals surface area contributed by atoms with Crippen LogP contribution in [0.15, 0.2) is 35.3 Å². The lowest BCUT2D eigenvalue weighted by molar-refractivity contribution is 0.487. The molecular weight excluding hydrogens is 274 g/mol. The molecular formula is C17H23N5. The Hall–Kier alpha value is -2.30. The molecule has 116 valence electrons. The summed E-state index contributed by atoms with van der Waals surface area (Å²) in [5.41, 5.74) is 10.4. The number of aromatic nitrogens is 2. The Kier molecular flexibility index (Phi) is 3.88. The number of rotatable bonds is 4. The van der Waals surface area contributed by atoms with Gasteiger partial charge in [0.25, 0.3) is 0 Å². The maximum Gasteiger partial charge on any atom is 0.191 e. The van der Waals surface area contributed by atoms with Crippen LogP contribution in [0.25, 0.3) is 5.69 Å². The first kappa shape index (κ1) is 14.6. The lowest BCUT2D eigenvalue weighted by Gasteiger charge is -2.17. The molecule has 1 fully saturated rings. The normalized spacial score (nSPS) is 15.1. The van der Waals surface area contributed by atoms with Crippen molar-refractivity contribution in [2.75, 3.05) is 7.05 Å². The zero-order valence-corrected chi connectivity index (χ0v) is 13.5. The fourth-order valence-electron chi connectivity index (χ4n) is 2.65. The van der Waals surface area contributed by atoms with Gasteiger partial charge in [-0.3, -0.25) is 0 Å². The van der Waals surface area contributed by atoms with Gasteiger partial charge >= 0.3 is 0 Å². The van der Waals surface area contributed by atoms with Crippen molar-refractivity contribution >= 4 is 5.96 Å². The lowest BCUT2D eigenvalue weighted by atomic mass is 10.2. The minimum Gasteiger partial charge on any atom is -0.370 e. The number of guanidine groups is 1. The van der Waals surface area contributed by atoms with Gasteiger partial charge in [0, 0.05) is 18.8 Å². The van der Waals surface area contributed by atoms with Gasteiger partial charge in [0.15, 0.2) is 5.96 Å². The number of para-hydroxylation sites is 1. The Morgan fingerprint density at radius 1 is 1.36 bits per heavy atom. The van der Waals surface area contributed by atoms with E-state index < -0.39 is 0 Å². The summed E-state index contributed by atoms with van der Waals surface area (Å²) in [5.74, 6) is 0.616. The van der Waals surface area contributed by atoms with Gasteiger partial charge in [-0.2, -0.15) is 5.10 Å². The van der Waals surface area contributed by atoms with Crippen LogP contribution in [-0.4, -0.2) is 33.7 Å². The highest BCUT2D eigenvalue weighted by molar-refractivity contribution is 5.78. The summed E-state index contributed by atoms with van der Waals surface area (Å²) in [6.45, 7) is 4.64. The highest BCUT2D eigenvalue weighted by atomic mass is 15.3. The van der Waals surface area contributed by atoms with E-state index in [-0.39, 0.29) is 0 Å². The molecule has 5 heteroatoms. The summed E-state index contributed by atoms with van der Waals surface area (Å²) in [7, 11) is 2.02. The molecule has 0 saturated heterocycles. The number of benzene rings is 1. The molecule has 1 aromatic heterocycles. The van der Waals surface area contributed by atoms with Gasteiger partial charge in [0.05, 0.1) is 17.9 Å². The molecule has 1 aliphatic carbocycles. The van der Waals surface area contributed by atoms with Gasteiger partial charge in [0.2, 0.25) is 0 Å². The van der Waals surface area contributed by atoms with Crippen LogP contribution in [0.4, 0.5) is 0 Å². The number of hydrogen-bond donors (Lipinski definition) is 1. The van der Waals surface area contributed by atoms with E-state index in [1.165, 1.54) is 12.8 Å². The highest BCUT2D eigenvalue weighted by Gasteiger charge is 2.27.